The van der Waals surface area contributed by atoms with Crippen molar-refractivity contribution in [2.75, 3.05) is 19.6 Å². The van der Waals surface area contributed by atoms with E-state index in [0.29, 0.717) is 5.78 Å². The van der Waals surface area contributed by atoms with Gasteiger partial charge in [0.05, 0.1) is 0 Å². The van der Waals surface area contributed by atoms with Gasteiger partial charge in [0.2, 0.25) is 0 Å². The number of hydrogen-bond donors (Lipinski definition) is 1. The summed E-state index contributed by atoms with van der Waals surface area (Å²) in [6, 6.07) is 17.5. The average molecular weight is 452 g/mol. The minimum absolute atomic E-state index is 0.334. The zero-order valence-electron chi connectivity index (χ0n) is 19.0. The van der Waals surface area contributed by atoms with Gasteiger partial charge in [-0.2, -0.15) is 0 Å². The van der Waals surface area contributed by atoms with Crippen LogP contribution in [-0.4, -0.2) is 41.4 Å². The predicted molar refractivity (Wildman–Crippen MR) is 131 cm³/mol. The molecule has 0 bridgehead atoms. The maximum atomic E-state index is 11.2. The maximum Gasteiger partial charge on any atom is 0.300 e. The first-order valence-electron chi connectivity index (χ1n) is 11.4. The summed E-state index contributed by atoms with van der Waals surface area (Å²) in [7, 11) is 0. The third-order valence-corrected chi connectivity index (χ3v) is 7.13. The minimum atomic E-state index is -0.833. The van der Waals surface area contributed by atoms with Gasteiger partial charge in [-0.25, -0.2) is 0 Å². The van der Waals surface area contributed by atoms with Crippen molar-refractivity contribution < 1.29 is 14.7 Å². The maximum absolute atomic E-state index is 11.2. The van der Waals surface area contributed by atoms with Crippen LogP contribution < -0.4 is 0 Å². The molecule has 1 saturated heterocycles. The number of ketones is 1. The Morgan fingerprint density at radius 1 is 1.00 bits per heavy atom. The van der Waals surface area contributed by atoms with Crippen LogP contribution in [0.1, 0.15) is 57.1 Å². The lowest BCUT2D eigenvalue weighted by molar-refractivity contribution is -0.134. The fourth-order valence-corrected chi connectivity index (χ4v) is 5.44. The molecule has 0 unspecified atom stereocenters. The van der Waals surface area contributed by atoms with Crippen molar-refractivity contribution in [2.45, 2.75) is 55.7 Å². The van der Waals surface area contributed by atoms with E-state index in [1.165, 1.54) is 52.4 Å². The monoisotopic (exact) mass is 451 g/mol. The van der Waals surface area contributed by atoms with Crippen molar-refractivity contribution in [3.05, 3.63) is 65.7 Å². The van der Waals surface area contributed by atoms with Gasteiger partial charge in [0, 0.05) is 29.7 Å². The number of piperidine rings is 1. The molecule has 0 aliphatic carbocycles. The summed E-state index contributed by atoms with van der Waals surface area (Å²) in [6.07, 6.45) is 7.85. The van der Waals surface area contributed by atoms with E-state index in [1.54, 1.807) is 6.92 Å². The van der Waals surface area contributed by atoms with E-state index in [-0.39, 0.29) is 0 Å². The van der Waals surface area contributed by atoms with Crippen LogP contribution in [0, 0.1) is 5.92 Å². The third kappa shape index (κ3) is 7.07. The van der Waals surface area contributed by atoms with Crippen molar-refractivity contribution in [1.82, 2.24) is 4.90 Å². The fourth-order valence-electron chi connectivity index (χ4n) is 4.34. The van der Waals surface area contributed by atoms with E-state index >= 15 is 0 Å². The summed E-state index contributed by atoms with van der Waals surface area (Å²) in [5, 5.41) is 7.42. The molecule has 2 aromatic carbocycles. The highest BCUT2D eigenvalue weighted by atomic mass is 32.2. The Morgan fingerprint density at radius 3 is 2.06 bits per heavy atom. The highest BCUT2D eigenvalue weighted by Crippen LogP contribution is 2.45. The number of carbonyl (C=O) groups excluding carboxylic acids is 1. The second kappa shape index (κ2) is 12.0. The van der Waals surface area contributed by atoms with E-state index < -0.39 is 5.97 Å². The van der Waals surface area contributed by atoms with Gasteiger partial charge in [0.1, 0.15) is 5.78 Å². The number of likely N-dealkylation sites (tertiary alicyclic amines) is 1. The molecule has 0 aromatic heterocycles. The summed E-state index contributed by atoms with van der Waals surface area (Å²) in [5.74, 6) is 0.243. The molecule has 0 amide bonds. The lowest BCUT2D eigenvalue weighted by Crippen LogP contribution is -2.34. The summed E-state index contributed by atoms with van der Waals surface area (Å²) in [6.45, 7) is 6.27. The van der Waals surface area contributed by atoms with Gasteiger partial charge >= 0.3 is 0 Å². The number of nitrogens with zero attached hydrogens (tertiary/aromatic N) is 1. The van der Waals surface area contributed by atoms with Crippen molar-refractivity contribution in [2.24, 2.45) is 5.92 Å². The number of rotatable bonds is 6. The van der Waals surface area contributed by atoms with Crippen molar-refractivity contribution in [3.63, 3.8) is 0 Å². The molecular formula is C27H33NO3S. The van der Waals surface area contributed by atoms with Gasteiger partial charge in [-0.1, -0.05) is 54.2 Å². The van der Waals surface area contributed by atoms with Crippen LogP contribution in [0.25, 0.3) is 5.57 Å². The Hall–Kier alpha value is -2.37. The van der Waals surface area contributed by atoms with E-state index in [9.17, 15) is 4.79 Å². The highest BCUT2D eigenvalue weighted by molar-refractivity contribution is 7.99. The molecule has 4 rings (SSSR count). The predicted octanol–water partition coefficient (Wildman–Crippen LogP) is 6.15. The number of fused-ring (bicyclic) bond motifs is 2. The Kier molecular flexibility index (Phi) is 9.12. The molecule has 2 aromatic rings. The standard InChI is InChI=1S/C25H29NOS.C2H4O2/c1-19(27)12-13-20-14-17-26(18-15-20)16-6-9-21-22-7-2-4-10-24(22)28-25-11-5-3-8-23(21)25;1-2(3)4/h2-5,7-11,20H,6,12-18H2,1H3;1H3,(H,3,4). The average Bonchev–Trinajstić information content (AvgIpc) is 2.77. The second-order valence-electron chi connectivity index (χ2n) is 8.55. The van der Waals surface area contributed by atoms with Crippen LogP contribution >= 0.6 is 11.8 Å². The van der Waals surface area contributed by atoms with Gasteiger partial charge in [-0.15, -0.1) is 0 Å². The van der Waals surface area contributed by atoms with E-state index in [1.807, 2.05) is 11.8 Å². The number of carbonyl (C=O) groups is 2. The van der Waals surface area contributed by atoms with E-state index in [2.05, 4.69) is 59.5 Å². The molecule has 0 radical (unpaired) electrons. The zero-order valence-corrected chi connectivity index (χ0v) is 19.9. The topological polar surface area (TPSA) is 57.6 Å². The Morgan fingerprint density at radius 2 is 1.53 bits per heavy atom. The molecule has 0 atom stereocenters. The number of aliphatic carboxylic acids is 1. The smallest absolute Gasteiger partial charge is 0.300 e. The van der Waals surface area contributed by atoms with Crippen molar-refractivity contribution >= 4 is 29.1 Å². The molecule has 2 aliphatic rings. The van der Waals surface area contributed by atoms with Crippen LogP contribution in [0.2, 0.25) is 0 Å². The highest BCUT2D eigenvalue weighted by Gasteiger charge is 2.21. The molecule has 170 valence electrons. The van der Waals surface area contributed by atoms with Gasteiger partial charge < -0.3 is 14.8 Å². The van der Waals surface area contributed by atoms with Gasteiger partial charge in [0.15, 0.2) is 0 Å². The first-order valence-corrected chi connectivity index (χ1v) is 12.2. The molecule has 1 fully saturated rings. The first kappa shape index (κ1) is 24.3. The lowest BCUT2D eigenvalue weighted by Gasteiger charge is -2.31. The molecule has 2 heterocycles. The van der Waals surface area contributed by atoms with Gasteiger partial charge in [0.25, 0.3) is 5.97 Å². The summed E-state index contributed by atoms with van der Waals surface area (Å²) in [5.41, 5.74) is 4.13. The number of carboxylic acid groups (broad SMARTS) is 1. The van der Waals surface area contributed by atoms with E-state index in [4.69, 9.17) is 9.90 Å². The largest absolute Gasteiger partial charge is 0.481 e. The summed E-state index contributed by atoms with van der Waals surface area (Å²) < 4.78 is 0. The molecular weight excluding hydrogens is 418 g/mol. The Labute approximate surface area is 195 Å². The third-order valence-electron chi connectivity index (χ3n) is 5.98. The number of benzene rings is 2. The molecule has 0 spiro atoms. The molecule has 2 aliphatic heterocycles. The first-order chi connectivity index (χ1) is 15.4. The summed E-state index contributed by atoms with van der Waals surface area (Å²) in [4.78, 5) is 25.5. The number of hydrogen-bond acceptors (Lipinski definition) is 4. The van der Waals surface area contributed by atoms with Crippen LogP contribution in [0.3, 0.4) is 0 Å². The molecule has 1 N–H and O–H groups in total. The Bertz CT molecular complexity index is 909. The molecule has 4 nitrogen and oxygen atoms in total. The van der Waals surface area contributed by atoms with Crippen molar-refractivity contribution in [3.8, 4) is 0 Å². The van der Waals surface area contributed by atoms with Crippen LogP contribution in [0.15, 0.2) is 64.4 Å². The summed E-state index contributed by atoms with van der Waals surface area (Å²) >= 11 is 1.88. The Balaban J connectivity index is 0.000000668. The number of Topliss-reactive ketones (excluding diaryl/α,β-unsaturated/α-hetero) is 1. The van der Waals surface area contributed by atoms with E-state index in [0.717, 1.165) is 38.6 Å². The normalized spacial score (nSPS) is 15.8. The molecule has 0 saturated carbocycles. The quantitative estimate of drug-likeness (QED) is 0.487. The van der Waals surface area contributed by atoms with Gasteiger partial charge in [-0.05, 0) is 80.4 Å². The SMILES string of the molecule is CC(=O)CCC1CCN(CCC=C2c3ccccc3Sc3ccccc32)CC1.CC(=O)O. The lowest BCUT2D eigenvalue weighted by atomic mass is 9.91. The molecule has 5 heteroatoms. The second-order valence-corrected chi connectivity index (χ2v) is 9.63. The van der Waals surface area contributed by atoms with Crippen LogP contribution in [-0.2, 0) is 9.59 Å². The van der Waals surface area contributed by atoms with Crippen LogP contribution in [0.4, 0.5) is 0 Å². The zero-order chi connectivity index (χ0) is 22.9. The van der Waals surface area contributed by atoms with Gasteiger partial charge in [-0.3, -0.25) is 4.79 Å². The number of carboxylic acids is 1. The minimum Gasteiger partial charge on any atom is -0.481 e. The molecule has 32 heavy (non-hydrogen) atoms. The fraction of sp³-hybridized carbons (Fsp3) is 0.407. The van der Waals surface area contributed by atoms with Crippen molar-refractivity contribution in [1.29, 1.82) is 0 Å². The van der Waals surface area contributed by atoms with Crippen LogP contribution in [0.5, 0.6) is 0 Å².